The summed E-state index contributed by atoms with van der Waals surface area (Å²) in [5.41, 5.74) is 0.905. The summed E-state index contributed by atoms with van der Waals surface area (Å²) >= 11 is 0. The fourth-order valence-corrected chi connectivity index (χ4v) is 3.25. The highest BCUT2D eigenvalue weighted by Gasteiger charge is 2.27. The molecule has 1 amide bonds. The second kappa shape index (κ2) is 8.33. The van der Waals surface area contributed by atoms with Gasteiger partial charge in [-0.1, -0.05) is 13.0 Å². The maximum absolute atomic E-state index is 13.9. The van der Waals surface area contributed by atoms with Crippen LogP contribution < -0.4 is 9.64 Å². The van der Waals surface area contributed by atoms with Crippen LogP contribution in [0.4, 0.5) is 10.2 Å². The van der Waals surface area contributed by atoms with Crippen LogP contribution in [0.2, 0.25) is 0 Å². The molecule has 2 heterocycles. The molecule has 1 aromatic carbocycles. The first kappa shape index (κ1) is 19.1. The van der Waals surface area contributed by atoms with Crippen LogP contribution in [-0.2, 0) is 4.79 Å². The fourth-order valence-electron chi connectivity index (χ4n) is 3.25. The van der Waals surface area contributed by atoms with Gasteiger partial charge in [0.05, 0.1) is 0 Å². The van der Waals surface area contributed by atoms with E-state index in [9.17, 15) is 9.18 Å². The number of rotatable bonds is 5. The number of benzene rings is 1. The first-order valence-corrected chi connectivity index (χ1v) is 9.28. The molecule has 1 fully saturated rings. The lowest BCUT2D eigenvalue weighted by Crippen LogP contribution is -2.54. The number of halogens is 1. The minimum Gasteiger partial charge on any atom is -0.436 e. The molecule has 2 aromatic rings. The molecule has 144 valence electrons. The Morgan fingerprint density at radius 1 is 1.30 bits per heavy atom. The number of anilines is 1. The third-order valence-corrected chi connectivity index (χ3v) is 4.66. The first-order valence-electron chi connectivity index (χ1n) is 9.28. The Bertz CT molecular complexity index is 814. The number of ether oxygens (including phenoxy) is 1. The van der Waals surface area contributed by atoms with E-state index in [2.05, 4.69) is 14.9 Å². The van der Waals surface area contributed by atoms with Crippen LogP contribution in [-0.4, -0.2) is 46.5 Å². The van der Waals surface area contributed by atoms with E-state index in [1.165, 1.54) is 12.4 Å². The molecule has 1 aliphatic heterocycles. The summed E-state index contributed by atoms with van der Waals surface area (Å²) in [4.78, 5) is 24.6. The minimum atomic E-state index is -0.433. The van der Waals surface area contributed by atoms with Gasteiger partial charge in [0.15, 0.2) is 11.6 Å². The van der Waals surface area contributed by atoms with Gasteiger partial charge in [-0.3, -0.25) is 4.79 Å². The first-order chi connectivity index (χ1) is 13.0. The Morgan fingerprint density at radius 3 is 2.85 bits per heavy atom. The molecule has 0 bridgehead atoms. The van der Waals surface area contributed by atoms with Crippen molar-refractivity contribution in [3.63, 3.8) is 0 Å². The maximum atomic E-state index is 13.9. The molecular weight excluding hydrogens is 347 g/mol. The lowest BCUT2D eigenvalue weighted by molar-refractivity contribution is -0.133. The standard InChI is InChI=1S/C20H25FN4O2/c1-4-5-20(26)25-9-8-24(12-15(25)3)18-11-19(23-13-22-18)27-17-10-14(2)6-7-16(17)21/h6-7,10-11,13,15H,4-5,8-9,12H2,1-3H3. The van der Waals surface area contributed by atoms with Gasteiger partial charge in [0, 0.05) is 38.2 Å². The molecular formula is C20H25FN4O2. The van der Waals surface area contributed by atoms with Gasteiger partial charge in [0.1, 0.15) is 12.1 Å². The molecule has 1 aliphatic rings. The van der Waals surface area contributed by atoms with Crippen LogP contribution in [0.5, 0.6) is 11.6 Å². The van der Waals surface area contributed by atoms with E-state index in [0.29, 0.717) is 37.8 Å². The van der Waals surface area contributed by atoms with Crippen LogP contribution in [0.25, 0.3) is 0 Å². The Kier molecular flexibility index (Phi) is 5.88. The van der Waals surface area contributed by atoms with Crippen LogP contribution in [0.3, 0.4) is 0 Å². The van der Waals surface area contributed by atoms with Crippen molar-refractivity contribution in [1.29, 1.82) is 0 Å². The molecule has 1 aromatic heterocycles. The van der Waals surface area contributed by atoms with E-state index in [-0.39, 0.29) is 17.7 Å². The van der Waals surface area contributed by atoms with Gasteiger partial charge in [-0.15, -0.1) is 0 Å². The lowest BCUT2D eigenvalue weighted by Gasteiger charge is -2.40. The summed E-state index contributed by atoms with van der Waals surface area (Å²) in [5, 5.41) is 0. The molecule has 3 rings (SSSR count). The van der Waals surface area contributed by atoms with Crippen molar-refractivity contribution < 1.29 is 13.9 Å². The van der Waals surface area contributed by atoms with E-state index in [4.69, 9.17) is 4.74 Å². The van der Waals surface area contributed by atoms with E-state index >= 15 is 0 Å². The monoisotopic (exact) mass is 372 g/mol. The SMILES string of the molecule is CCCC(=O)N1CCN(c2cc(Oc3cc(C)ccc3F)ncn2)CC1C. The van der Waals surface area contributed by atoms with E-state index in [0.717, 1.165) is 12.0 Å². The van der Waals surface area contributed by atoms with Crippen molar-refractivity contribution in [2.45, 2.75) is 39.7 Å². The molecule has 0 saturated carbocycles. The molecule has 0 radical (unpaired) electrons. The number of hydrogen-bond donors (Lipinski definition) is 0. The van der Waals surface area contributed by atoms with Crippen molar-refractivity contribution in [3.05, 3.63) is 42.0 Å². The summed E-state index contributed by atoms with van der Waals surface area (Å²) in [5.74, 6) is 0.913. The van der Waals surface area contributed by atoms with Crippen molar-refractivity contribution in [2.24, 2.45) is 0 Å². The number of carbonyl (C=O) groups is 1. The number of aryl methyl sites for hydroxylation is 1. The molecule has 1 atom stereocenters. The fraction of sp³-hybridized carbons (Fsp3) is 0.450. The minimum absolute atomic E-state index is 0.103. The summed E-state index contributed by atoms with van der Waals surface area (Å²) in [6, 6.07) is 6.51. The second-order valence-corrected chi connectivity index (χ2v) is 6.88. The third kappa shape index (κ3) is 4.53. The number of hydrogen-bond acceptors (Lipinski definition) is 5. The van der Waals surface area contributed by atoms with E-state index in [1.807, 2.05) is 25.7 Å². The summed E-state index contributed by atoms with van der Waals surface area (Å²) in [6.45, 7) is 7.96. The average molecular weight is 372 g/mol. The van der Waals surface area contributed by atoms with Crippen molar-refractivity contribution >= 4 is 11.7 Å². The molecule has 27 heavy (non-hydrogen) atoms. The Morgan fingerprint density at radius 2 is 2.11 bits per heavy atom. The van der Waals surface area contributed by atoms with Crippen LogP contribution in [0.15, 0.2) is 30.6 Å². The number of carbonyl (C=O) groups excluding carboxylic acids is 1. The van der Waals surface area contributed by atoms with Gasteiger partial charge < -0.3 is 14.5 Å². The van der Waals surface area contributed by atoms with Gasteiger partial charge in [-0.05, 0) is 38.0 Å². The average Bonchev–Trinajstić information content (AvgIpc) is 2.65. The van der Waals surface area contributed by atoms with Gasteiger partial charge in [-0.25, -0.2) is 14.4 Å². The number of amides is 1. The highest BCUT2D eigenvalue weighted by Crippen LogP contribution is 2.26. The van der Waals surface area contributed by atoms with E-state index < -0.39 is 5.82 Å². The molecule has 6 nitrogen and oxygen atoms in total. The number of nitrogens with zero attached hydrogens (tertiary/aromatic N) is 4. The maximum Gasteiger partial charge on any atom is 0.224 e. The summed E-state index contributed by atoms with van der Waals surface area (Å²) in [6.07, 6.45) is 2.85. The zero-order valence-electron chi connectivity index (χ0n) is 16.0. The van der Waals surface area contributed by atoms with Gasteiger partial charge in [0.2, 0.25) is 11.8 Å². The largest absolute Gasteiger partial charge is 0.436 e. The molecule has 0 N–H and O–H groups in total. The second-order valence-electron chi connectivity index (χ2n) is 6.88. The van der Waals surface area contributed by atoms with Crippen LogP contribution >= 0.6 is 0 Å². The van der Waals surface area contributed by atoms with Crippen LogP contribution in [0, 0.1) is 12.7 Å². The number of piperazine rings is 1. The van der Waals surface area contributed by atoms with Crippen molar-refractivity contribution in [1.82, 2.24) is 14.9 Å². The summed E-state index contributed by atoms with van der Waals surface area (Å²) < 4.78 is 19.5. The zero-order valence-corrected chi connectivity index (χ0v) is 16.0. The Hall–Kier alpha value is -2.70. The molecule has 7 heteroatoms. The van der Waals surface area contributed by atoms with E-state index in [1.54, 1.807) is 18.2 Å². The molecule has 0 aliphatic carbocycles. The van der Waals surface area contributed by atoms with Gasteiger partial charge in [0.25, 0.3) is 0 Å². The molecule has 0 spiro atoms. The highest BCUT2D eigenvalue weighted by molar-refractivity contribution is 5.76. The van der Waals surface area contributed by atoms with Gasteiger partial charge in [-0.2, -0.15) is 0 Å². The molecule has 1 saturated heterocycles. The summed E-state index contributed by atoms with van der Waals surface area (Å²) in [7, 11) is 0. The normalized spacial score (nSPS) is 17.1. The Balaban J connectivity index is 1.71. The predicted octanol–water partition coefficient (Wildman–Crippen LogP) is 3.55. The quantitative estimate of drug-likeness (QED) is 0.803. The lowest BCUT2D eigenvalue weighted by atomic mass is 10.1. The topological polar surface area (TPSA) is 58.6 Å². The zero-order chi connectivity index (χ0) is 19.4. The van der Waals surface area contributed by atoms with Gasteiger partial charge >= 0.3 is 0 Å². The smallest absolute Gasteiger partial charge is 0.224 e. The Labute approximate surface area is 159 Å². The van der Waals surface area contributed by atoms with Crippen molar-refractivity contribution in [3.8, 4) is 11.6 Å². The van der Waals surface area contributed by atoms with Crippen LogP contribution in [0.1, 0.15) is 32.3 Å². The number of aromatic nitrogens is 2. The highest BCUT2D eigenvalue weighted by atomic mass is 19.1. The third-order valence-electron chi connectivity index (χ3n) is 4.66. The van der Waals surface area contributed by atoms with Crippen molar-refractivity contribution in [2.75, 3.05) is 24.5 Å². The predicted molar refractivity (Wildman–Crippen MR) is 102 cm³/mol. The molecule has 1 unspecified atom stereocenters.